The Labute approximate surface area is 146 Å². The van der Waals surface area contributed by atoms with Gasteiger partial charge in [0.15, 0.2) is 5.78 Å². The number of carbonyl (C=O) groups excluding carboxylic acids is 1. The van der Waals surface area contributed by atoms with Gasteiger partial charge in [0.1, 0.15) is 0 Å². The van der Waals surface area contributed by atoms with Crippen LogP contribution in [0.25, 0.3) is 0 Å². The average molecular weight is 332 g/mol. The maximum absolute atomic E-state index is 11.6. The lowest BCUT2D eigenvalue weighted by Crippen LogP contribution is -2.54. The van der Waals surface area contributed by atoms with Crippen LogP contribution in [-0.4, -0.2) is 59.5 Å². The number of nitrogens with zero attached hydrogens (tertiary/aromatic N) is 2. The number of rotatable bonds is 6. The molecule has 1 heterocycles. The zero-order valence-corrected chi connectivity index (χ0v) is 15.6. The fourth-order valence-corrected chi connectivity index (χ4v) is 3.49. The van der Waals surface area contributed by atoms with E-state index in [0.29, 0.717) is 6.04 Å². The number of ketones is 1. The van der Waals surface area contributed by atoms with Crippen LogP contribution in [0.15, 0.2) is 24.3 Å². The van der Waals surface area contributed by atoms with Crippen molar-refractivity contribution < 1.29 is 9.90 Å². The van der Waals surface area contributed by atoms with Crippen LogP contribution in [-0.2, 0) is 6.54 Å². The molecule has 0 aliphatic carbocycles. The second kappa shape index (κ2) is 8.24. The van der Waals surface area contributed by atoms with Crippen molar-refractivity contribution in [1.29, 1.82) is 0 Å². The minimum Gasteiger partial charge on any atom is -0.396 e. The number of hydrogen-bond acceptors (Lipinski definition) is 4. The van der Waals surface area contributed by atoms with Crippen LogP contribution >= 0.6 is 0 Å². The highest BCUT2D eigenvalue weighted by atomic mass is 16.3. The molecule has 1 aromatic carbocycles. The molecule has 0 radical (unpaired) electrons. The van der Waals surface area contributed by atoms with Gasteiger partial charge in [-0.25, -0.2) is 0 Å². The summed E-state index contributed by atoms with van der Waals surface area (Å²) in [6.45, 7) is 13.6. The van der Waals surface area contributed by atoms with Gasteiger partial charge in [0.25, 0.3) is 0 Å². The van der Waals surface area contributed by atoms with Crippen LogP contribution in [0.5, 0.6) is 0 Å². The second-order valence-corrected chi connectivity index (χ2v) is 8.19. The van der Waals surface area contributed by atoms with Gasteiger partial charge in [0, 0.05) is 50.9 Å². The molecule has 1 atom stereocenters. The quantitative estimate of drug-likeness (QED) is 0.814. The summed E-state index contributed by atoms with van der Waals surface area (Å²) >= 11 is 0. The van der Waals surface area contributed by atoms with Crippen molar-refractivity contribution in [3.8, 4) is 0 Å². The van der Waals surface area contributed by atoms with Crippen molar-refractivity contribution in [1.82, 2.24) is 9.80 Å². The minimum absolute atomic E-state index is 0.116. The highest BCUT2D eigenvalue weighted by Gasteiger charge is 2.29. The van der Waals surface area contributed by atoms with E-state index in [4.69, 9.17) is 0 Å². The van der Waals surface area contributed by atoms with Crippen LogP contribution in [0.1, 0.15) is 50.0 Å². The number of benzene rings is 1. The van der Waals surface area contributed by atoms with Crippen molar-refractivity contribution in [3.05, 3.63) is 35.4 Å². The second-order valence-electron chi connectivity index (χ2n) is 8.19. The molecule has 1 aromatic rings. The van der Waals surface area contributed by atoms with Crippen molar-refractivity contribution in [2.24, 2.45) is 5.41 Å². The Kier molecular flexibility index (Phi) is 6.55. The van der Waals surface area contributed by atoms with Gasteiger partial charge in [0.05, 0.1) is 0 Å². The van der Waals surface area contributed by atoms with Crippen LogP contribution in [0, 0.1) is 5.41 Å². The lowest BCUT2D eigenvalue weighted by molar-refractivity contribution is 0.0340. The molecule has 0 aromatic heterocycles. The molecular weight excluding hydrogens is 300 g/mol. The molecule has 0 unspecified atom stereocenters. The van der Waals surface area contributed by atoms with Gasteiger partial charge in [-0.15, -0.1) is 0 Å². The lowest BCUT2D eigenvalue weighted by atomic mass is 9.94. The standard InChI is InChI=1S/C20H32N2O2/c1-16(24)18-7-5-6-17(12-18)13-21-9-10-22(15-20(2,3)4)19(14-21)8-11-23/h5-7,12,19,23H,8-11,13-15H2,1-4H3/t19-/m1/s1. The average Bonchev–Trinajstić information content (AvgIpc) is 2.49. The number of hydrogen-bond donors (Lipinski definition) is 1. The van der Waals surface area contributed by atoms with Crippen molar-refractivity contribution in [3.63, 3.8) is 0 Å². The smallest absolute Gasteiger partial charge is 0.159 e. The topological polar surface area (TPSA) is 43.8 Å². The van der Waals surface area contributed by atoms with Gasteiger partial charge in [-0.2, -0.15) is 0 Å². The van der Waals surface area contributed by atoms with Crippen LogP contribution in [0.2, 0.25) is 0 Å². The van der Waals surface area contributed by atoms with E-state index in [1.807, 2.05) is 18.2 Å². The Morgan fingerprint density at radius 3 is 2.67 bits per heavy atom. The molecule has 24 heavy (non-hydrogen) atoms. The maximum Gasteiger partial charge on any atom is 0.159 e. The summed E-state index contributed by atoms with van der Waals surface area (Å²) in [7, 11) is 0. The van der Waals surface area contributed by atoms with E-state index in [1.165, 1.54) is 5.56 Å². The minimum atomic E-state index is 0.116. The summed E-state index contributed by atoms with van der Waals surface area (Å²) in [6.07, 6.45) is 0.820. The van der Waals surface area contributed by atoms with Gasteiger partial charge >= 0.3 is 0 Å². The van der Waals surface area contributed by atoms with E-state index in [2.05, 4.69) is 36.6 Å². The molecule has 4 nitrogen and oxygen atoms in total. The summed E-state index contributed by atoms with van der Waals surface area (Å²) < 4.78 is 0. The first-order chi connectivity index (χ1) is 11.3. The molecule has 1 aliphatic rings. The molecule has 1 saturated heterocycles. The van der Waals surface area contributed by atoms with Crippen molar-refractivity contribution in [2.75, 3.05) is 32.8 Å². The molecule has 2 rings (SSSR count). The largest absolute Gasteiger partial charge is 0.396 e. The Bertz CT molecular complexity index is 551. The van der Waals surface area contributed by atoms with Crippen molar-refractivity contribution in [2.45, 2.75) is 46.7 Å². The summed E-state index contributed by atoms with van der Waals surface area (Å²) in [5.74, 6) is 0.116. The first kappa shape index (κ1) is 19.1. The lowest BCUT2D eigenvalue weighted by Gasteiger charge is -2.44. The Balaban J connectivity index is 2.01. The highest BCUT2D eigenvalue weighted by molar-refractivity contribution is 5.94. The number of piperazine rings is 1. The molecule has 0 spiro atoms. The number of Topliss-reactive ketones (excluding diaryl/α,β-unsaturated/α-hetero) is 1. The number of aliphatic hydroxyl groups is 1. The first-order valence-corrected chi connectivity index (χ1v) is 8.95. The SMILES string of the molecule is CC(=O)c1cccc(CN2CCN(CC(C)(C)C)[C@H](CCO)C2)c1. The van der Waals surface area contributed by atoms with E-state index in [-0.39, 0.29) is 17.8 Å². The summed E-state index contributed by atoms with van der Waals surface area (Å²) in [5, 5.41) is 9.43. The molecule has 1 aliphatic heterocycles. The van der Waals surface area contributed by atoms with E-state index < -0.39 is 0 Å². The number of aliphatic hydroxyl groups excluding tert-OH is 1. The van der Waals surface area contributed by atoms with E-state index in [1.54, 1.807) is 6.92 Å². The Morgan fingerprint density at radius 2 is 2.04 bits per heavy atom. The van der Waals surface area contributed by atoms with Gasteiger partial charge < -0.3 is 5.11 Å². The molecule has 0 saturated carbocycles. The first-order valence-electron chi connectivity index (χ1n) is 8.95. The molecule has 134 valence electrons. The van der Waals surface area contributed by atoms with E-state index in [0.717, 1.165) is 44.7 Å². The van der Waals surface area contributed by atoms with E-state index >= 15 is 0 Å². The maximum atomic E-state index is 11.6. The zero-order chi connectivity index (χ0) is 17.7. The monoisotopic (exact) mass is 332 g/mol. The van der Waals surface area contributed by atoms with Crippen LogP contribution in [0.3, 0.4) is 0 Å². The predicted molar refractivity (Wildman–Crippen MR) is 98.2 cm³/mol. The molecule has 0 amide bonds. The zero-order valence-electron chi connectivity index (χ0n) is 15.6. The molecular formula is C20H32N2O2. The molecule has 4 heteroatoms. The third kappa shape index (κ3) is 5.69. The number of carbonyl (C=O) groups is 1. The fourth-order valence-electron chi connectivity index (χ4n) is 3.49. The van der Waals surface area contributed by atoms with Gasteiger partial charge in [-0.1, -0.05) is 39.0 Å². The normalized spacial score (nSPS) is 20.3. The summed E-state index contributed by atoms with van der Waals surface area (Å²) in [5.41, 5.74) is 2.24. The van der Waals surface area contributed by atoms with Gasteiger partial charge in [0.2, 0.25) is 0 Å². The Hall–Kier alpha value is -1.23. The third-order valence-electron chi connectivity index (χ3n) is 4.57. The third-order valence-corrected chi connectivity index (χ3v) is 4.57. The van der Waals surface area contributed by atoms with Crippen LogP contribution < -0.4 is 0 Å². The Morgan fingerprint density at radius 1 is 1.29 bits per heavy atom. The molecule has 0 bridgehead atoms. The summed E-state index contributed by atoms with van der Waals surface area (Å²) in [4.78, 5) is 16.5. The fraction of sp³-hybridized carbons (Fsp3) is 0.650. The van der Waals surface area contributed by atoms with Crippen molar-refractivity contribution >= 4 is 5.78 Å². The van der Waals surface area contributed by atoms with Gasteiger partial charge in [-0.05, 0) is 30.4 Å². The van der Waals surface area contributed by atoms with E-state index in [9.17, 15) is 9.90 Å². The molecule has 1 N–H and O–H groups in total. The van der Waals surface area contributed by atoms with Crippen LogP contribution in [0.4, 0.5) is 0 Å². The predicted octanol–water partition coefficient (Wildman–Crippen LogP) is 2.80. The molecule has 1 fully saturated rings. The highest BCUT2D eigenvalue weighted by Crippen LogP contribution is 2.22. The summed E-state index contributed by atoms with van der Waals surface area (Å²) in [6, 6.07) is 8.34. The van der Waals surface area contributed by atoms with Gasteiger partial charge in [-0.3, -0.25) is 14.6 Å².